The third-order valence-corrected chi connectivity index (χ3v) is 23.3. The number of ether oxygens (including phenoxy) is 1. The van der Waals surface area contributed by atoms with E-state index in [0.717, 1.165) is 75.9 Å². The summed E-state index contributed by atoms with van der Waals surface area (Å²) < 4.78 is 8.63. The number of phenols is 2. The molecule has 1 saturated carbocycles. The first kappa shape index (κ1) is 75.3. The Morgan fingerprint density at radius 1 is 0.485 bits per heavy atom. The van der Waals surface area contributed by atoms with Crippen molar-refractivity contribution in [2.24, 2.45) is 0 Å². The second-order valence-electron chi connectivity index (χ2n) is 28.7. The first-order valence-corrected chi connectivity index (χ1v) is 40.5. The smallest absolute Gasteiger partial charge is 0.410 e. The molecule has 2 saturated heterocycles. The molecule has 3 aliphatic rings. The van der Waals surface area contributed by atoms with Crippen LogP contribution in [-0.2, 0) is 4.74 Å². The van der Waals surface area contributed by atoms with Crippen LogP contribution in [0, 0.1) is 0 Å². The third kappa shape index (κ3) is 21.1. The van der Waals surface area contributed by atoms with Crippen LogP contribution >= 0.6 is 15.9 Å². The highest BCUT2D eigenvalue weighted by Gasteiger charge is 2.31. The molecule has 0 unspecified atom stereocenters. The van der Waals surface area contributed by atoms with Gasteiger partial charge in [-0.15, -0.1) is 0 Å². The molecule has 528 valence electrons. The zero-order valence-corrected chi connectivity index (χ0v) is 62.4. The molecule has 2 aliphatic heterocycles. The number of aromatic hydroxyl groups is 2. The number of allylic oxidation sites excluding steroid dienone is 3. The molecule has 1 amide bonds. The number of aromatic nitrogens is 2. The monoisotopic (exact) mass is 1430 g/mol. The van der Waals surface area contributed by atoms with Crippen molar-refractivity contribution in [3.63, 3.8) is 0 Å². The maximum atomic E-state index is 12.5. The number of aliphatic hydroxyl groups is 3. The first-order chi connectivity index (χ1) is 49.0. The molecule has 8 aromatic carbocycles. The molecule has 12 rings (SSSR count). The van der Waals surface area contributed by atoms with Gasteiger partial charge in [-0.25, -0.2) is 4.79 Å². The van der Waals surface area contributed by atoms with Gasteiger partial charge in [0.1, 0.15) is 17.1 Å². The van der Waals surface area contributed by atoms with E-state index in [1.807, 2.05) is 80.2 Å². The second kappa shape index (κ2) is 37.0. The summed E-state index contributed by atoms with van der Waals surface area (Å²) in [6.45, 7) is 14.8. The Morgan fingerprint density at radius 2 is 0.881 bits per heavy atom. The van der Waals surface area contributed by atoms with Gasteiger partial charge in [0.05, 0.1) is 20.3 Å². The van der Waals surface area contributed by atoms with Gasteiger partial charge >= 0.3 is 6.09 Å². The van der Waals surface area contributed by atoms with Gasteiger partial charge in [0.15, 0.2) is 0 Å². The summed E-state index contributed by atoms with van der Waals surface area (Å²) in [5, 5.41) is 54.8. The number of benzene rings is 8. The molecule has 9 aromatic rings. The predicted molar refractivity (Wildman–Crippen MR) is 422 cm³/mol. The number of phenolic OH excluding ortho intramolecular Hbond substituents is 2. The highest BCUT2D eigenvalue weighted by Crippen LogP contribution is 2.42. The fraction of sp³-hybridized carbons (Fsp3) is 0.341. The van der Waals surface area contributed by atoms with E-state index in [2.05, 4.69) is 180 Å². The lowest BCUT2D eigenvalue weighted by molar-refractivity contribution is 0.0184. The zero-order valence-electron chi connectivity index (χ0n) is 59.8. The van der Waals surface area contributed by atoms with Crippen LogP contribution < -0.4 is 5.19 Å². The summed E-state index contributed by atoms with van der Waals surface area (Å²) in [6.07, 6.45) is 19.0. The second-order valence-corrected chi connectivity index (χ2v) is 34.3. The summed E-state index contributed by atoms with van der Waals surface area (Å²) >= 11 is 3.57. The van der Waals surface area contributed by atoms with Crippen molar-refractivity contribution in [2.75, 3.05) is 52.2 Å². The summed E-state index contributed by atoms with van der Waals surface area (Å²) in [5.74, 6) is 1.23. The van der Waals surface area contributed by atoms with Crippen LogP contribution in [0.2, 0.25) is 13.1 Å². The highest BCUT2D eigenvalue weighted by molar-refractivity contribution is 9.10. The Labute approximate surface area is 609 Å². The Kier molecular flexibility index (Phi) is 27.6. The number of nitrogens with zero attached hydrogens (tertiary/aromatic N) is 4. The number of carbonyl (C=O) groups is 1. The first-order valence-electron chi connectivity index (χ1n) is 36.5. The number of likely N-dealkylation sites (tertiary alicyclic amines) is 2. The number of hydrogen-bond donors (Lipinski definition) is 5. The lowest BCUT2D eigenvalue weighted by Crippen LogP contribution is -2.52. The molecule has 0 radical (unpaired) electrons. The van der Waals surface area contributed by atoms with E-state index in [9.17, 15) is 30.3 Å². The number of halogens is 1. The summed E-state index contributed by atoms with van der Waals surface area (Å²) in [4.78, 5) is 16.9. The molecular formula is C88H103BrN4O7Si. The minimum atomic E-state index is -1.58. The normalized spacial score (nSPS) is 15.4. The molecule has 0 spiro atoms. The van der Waals surface area contributed by atoms with E-state index in [4.69, 9.17) is 9.84 Å². The molecule has 101 heavy (non-hydrogen) atoms. The van der Waals surface area contributed by atoms with Crippen molar-refractivity contribution in [1.29, 1.82) is 0 Å². The number of piperidine rings is 2. The van der Waals surface area contributed by atoms with Gasteiger partial charge in [-0.3, -0.25) is 4.68 Å². The molecule has 1 aromatic heterocycles. The van der Waals surface area contributed by atoms with Gasteiger partial charge in [0.2, 0.25) is 0 Å². The van der Waals surface area contributed by atoms with Gasteiger partial charge in [-0.2, -0.15) is 5.10 Å². The average molecular weight is 1440 g/mol. The minimum absolute atomic E-state index is 0.106. The molecule has 1 aliphatic carbocycles. The maximum Gasteiger partial charge on any atom is 0.410 e. The Balaban J connectivity index is 0.000000165. The summed E-state index contributed by atoms with van der Waals surface area (Å²) in [7, 11) is -1.58. The van der Waals surface area contributed by atoms with E-state index < -0.39 is 13.7 Å². The molecule has 5 N–H and O–H groups in total. The summed E-state index contributed by atoms with van der Waals surface area (Å²) in [6, 6.07) is 73.2. The van der Waals surface area contributed by atoms with Crippen molar-refractivity contribution in [1.82, 2.24) is 19.6 Å². The lowest BCUT2D eigenvalue weighted by Gasteiger charge is -2.34. The molecule has 0 atom stereocenters. The van der Waals surface area contributed by atoms with E-state index in [1.165, 1.54) is 119 Å². The van der Waals surface area contributed by atoms with Crippen molar-refractivity contribution >= 4 is 68.7 Å². The highest BCUT2D eigenvalue weighted by atomic mass is 79.9. The fourth-order valence-electron chi connectivity index (χ4n) is 14.2. The quantitative estimate of drug-likeness (QED) is 0.0311. The molecule has 3 fully saturated rings. The van der Waals surface area contributed by atoms with Crippen molar-refractivity contribution in [3.05, 3.63) is 285 Å². The van der Waals surface area contributed by atoms with Gasteiger partial charge in [0, 0.05) is 49.1 Å². The van der Waals surface area contributed by atoms with Crippen LogP contribution in [0.1, 0.15) is 178 Å². The molecule has 3 heterocycles. The van der Waals surface area contributed by atoms with Gasteiger partial charge in [-0.05, 0) is 243 Å². The molecular weight excluding hydrogens is 1330 g/mol. The fourth-order valence-corrected chi connectivity index (χ4v) is 17.1. The largest absolute Gasteiger partial charge is 0.508 e. The Bertz CT molecular complexity index is 4110. The number of rotatable bonds is 23. The number of hydrogen-bond acceptors (Lipinski definition) is 9. The SMILES string of the molecule is CC(C)(C)OC(=O)N1CCC(n2cc(/C(=C(/CCCO)c3ccccc3)c3ccc(O)cc3)cn2)CC1.C[Si](C)(CN1CCCCC1)c1ccc(/C(=C(/CCCO)c2ccccc2)c2ccc(O)cc2)cc1.OCCC/C(=C(\c1ccc(Br)cc1)c1ccc(C2CCC2)cc1)c1ccccc1. The topological polar surface area (TPSA) is 152 Å². The lowest BCUT2D eigenvalue weighted by atomic mass is 9.79. The average Bonchev–Trinajstić information content (AvgIpc) is 1.73. The van der Waals surface area contributed by atoms with Gasteiger partial charge in [-0.1, -0.05) is 223 Å². The standard InChI is InChI=1S/C31H39NO2Si.C30H37N3O4.C27H27BrO/c1-35(2,24-32-21-7-4-8-22-32)29-19-15-27(16-20-29)31(26-13-17-28(34)18-14-26)30(12-9-23-33)25-10-5-3-6-11-25;1-30(2,3)37-29(36)32-17-15-25(16-18-32)33-21-24(20-31-33)28(23-11-13-26(35)14-12-23)27(10-7-19-34)22-8-5-4-6-9-22;28-25-17-15-24(16-18-25)27(23-13-11-21(12-14-23)20-8-4-9-20)26(10-5-19-29)22-6-2-1-3-7-22/h3,5-6,10-11,13-20,33-34H,4,7-9,12,21-24H2,1-2H3;4-6,8-9,11-14,20-21,25,34-35H,7,10,15-19H2,1-3H3;1-3,6-7,11-18,20,29H,4-5,8-10,19H2/b31-30-;28-27-;27-26+. The number of aliphatic hydroxyl groups excluding tert-OH is 3. The Hall–Kier alpha value is -8.40. The van der Waals surface area contributed by atoms with Crippen molar-refractivity contribution in [2.45, 2.75) is 141 Å². The number of amides is 1. The predicted octanol–water partition coefficient (Wildman–Crippen LogP) is 19.4. The van der Waals surface area contributed by atoms with E-state index >= 15 is 0 Å². The van der Waals surface area contributed by atoms with Crippen molar-refractivity contribution in [3.8, 4) is 11.5 Å². The number of carbonyl (C=O) groups excluding carboxylic acids is 1. The van der Waals surface area contributed by atoms with Crippen LogP contribution in [0.15, 0.2) is 229 Å². The third-order valence-electron chi connectivity index (χ3n) is 19.7. The van der Waals surface area contributed by atoms with E-state index in [0.29, 0.717) is 32.4 Å². The van der Waals surface area contributed by atoms with E-state index in [1.54, 1.807) is 29.2 Å². The zero-order chi connectivity index (χ0) is 71.1. The van der Waals surface area contributed by atoms with Gasteiger partial charge in [0.25, 0.3) is 0 Å². The molecule has 0 bridgehead atoms. The van der Waals surface area contributed by atoms with Crippen molar-refractivity contribution < 1.29 is 35.1 Å². The summed E-state index contributed by atoms with van der Waals surface area (Å²) in [5.41, 5.74) is 18.2. The van der Waals surface area contributed by atoms with Crippen LogP contribution in [0.3, 0.4) is 0 Å². The maximum absolute atomic E-state index is 12.5. The molecule has 11 nitrogen and oxygen atoms in total. The van der Waals surface area contributed by atoms with Gasteiger partial charge < -0.3 is 40.1 Å². The van der Waals surface area contributed by atoms with Crippen LogP contribution in [0.5, 0.6) is 11.5 Å². The minimum Gasteiger partial charge on any atom is -0.508 e. The van der Waals surface area contributed by atoms with Crippen LogP contribution in [-0.4, -0.2) is 117 Å². The van der Waals surface area contributed by atoms with Crippen LogP contribution in [0.25, 0.3) is 33.4 Å². The molecule has 13 heteroatoms. The van der Waals surface area contributed by atoms with Crippen LogP contribution in [0.4, 0.5) is 4.79 Å². The Morgan fingerprint density at radius 3 is 1.28 bits per heavy atom. The van der Waals surface area contributed by atoms with E-state index in [-0.39, 0.29) is 43.5 Å².